The Hall–Kier alpha value is -3.22. The number of carbonyl (C=O) groups is 1. The molecule has 0 bridgehead atoms. The predicted molar refractivity (Wildman–Crippen MR) is 84.2 cm³/mol. The summed E-state index contributed by atoms with van der Waals surface area (Å²) >= 11 is 0. The molecule has 0 aliphatic heterocycles. The van der Waals surface area contributed by atoms with Crippen LogP contribution in [0, 0.1) is 17.0 Å². The Morgan fingerprint density at radius 2 is 2.17 bits per heavy atom. The summed E-state index contributed by atoms with van der Waals surface area (Å²) in [5.74, 6) is -0.358. The lowest BCUT2D eigenvalue weighted by atomic mass is 10.1. The van der Waals surface area contributed by atoms with E-state index in [1.165, 1.54) is 6.07 Å². The molecule has 1 amide bonds. The molecule has 3 aromatic rings. The zero-order valence-electron chi connectivity index (χ0n) is 12.4. The summed E-state index contributed by atoms with van der Waals surface area (Å²) in [7, 11) is 0. The molecule has 23 heavy (non-hydrogen) atoms. The van der Waals surface area contributed by atoms with Crippen LogP contribution in [0.3, 0.4) is 0 Å². The minimum absolute atomic E-state index is 0.0615. The summed E-state index contributed by atoms with van der Waals surface area (Å²) in [6, 6.07) is 10.1. The Bertz CT molecular complexity index is 901. The Balaban J connectivity index is 1.77. The molecule has 0 aliphatic rings. The zero-order chi connectivity index (χ0) is 16.4. The van der Waals surface area contributed by atoms with Gasteiger partial charge in [-0.3, -0.25) is 14.9 Å². The fourth-order valence-electron chi connectivity index (χ4n) is 2.35. The van der Waals surface area contributed by atoms with Crippen molar-refractivity contribution in [1.29, 1.82) is 0 Å². The van der Waals surface area contributed by atoms with Crippen LogP contribution in [0.1, 0.15) is 21.5 Å². The van der Waals surface area contributed by atoms with Crippen molar-refractivity contribution in [3.8, 4) is 0 Å². The highest BCUT2D eigenvalue weighted by atomic mass is 16.6. The third-order valence-electron chi connectivity index (χ3n) is 3.61. The number of rotatable bonds is 4. The molecule has 0 unspecified atom stereocenters. The van der Waals surface area contributed by atoms with Gasteiger partial charge in [0.2, 0.25) is 0 Å². The van der Waals surface area contributed by atoms with Crippen molar-refractivity contribution >= 4 is 17.1 Å². The highest BCUT2D eigenvalue weighted by Crippen LogP contribution is 2.19. The summed E-state index contributed by atoms with van der Waals surface area (Å²) in [4.78, 5) is 22.7. The van der Waals surface area contributed by atoms with Crippen LogP contribution >= 0.6 is 0 Å². The van der Waals surface area contributed by atoms with Gasteiger partial charge in [-0.1, -0.05) is 12.1 Å². The van der Waals surface area contributed by atoms with Crippen LogP contribution in [0.5, 0.6) is 0 Å². The van der Waals surface area contributed by atoms with Crippen molar-refractivity contribution in [2.75, 3.05) is 0 Å². The number of nitrogens with zero attached hydrogens (tertiary/aromatic N) is 3. The summed E-state index contributed by atoms with van der Waals surface area (Å²) in [6.07, 6.45) is 3.51. The van der Waals surface area contributed by atoms with Gasteiger partial charge in [-0.25, -0.2) is 4.52 Å². The molecule has 2 heterocycles. The Morgan fingerprint density at radius 1 is 1.35 bits per heavy atom. The van der Waals surface area contributed by atoms with Gasteiger partial charge in [0.05, 0.1) is 16.6 Å². The van der Waals surface area contributed by atoms with E-state index >= 15 is 0 Å². The zero-order valence-corrected chi connectivity index (χ0v) is 12.4. The van der Waals surface area contributed by atoms with Crippen molar-refractivity contribution in [2.24, 2.45) is 0 Å². The fourth-order valence-corrected chi connectivity index (χ4v) is 2.35. The van der Waals surface area contributed by atoms with Crippen molar-refractivity contribution in [3.05, 3.63) is 75.6 Å². The van der Waals surface area contributed by atoms with Crippen molar-refractivity contribution in [3.63, 3.8) is 0 Å². The lowest BCUT2D eigenvalue weighted by molar-refractivity contribution is -0.385. The number of amides is 1. The molecular weight excluding hydrogens is 296 g/mol. The SMILES string of the molecule is Cc1ccc(C(=O)NCc2cnn3ccccc23)cc1[N+](=O)[O-]. The first-order chi connectivity index (χ1) is 11.1. The van der Waals surface area contributed by atoms with E-state index in [0.717, 1.165) is 11.1 Å². The molecule has 1 aromatic carbocycles. The van der Waals surface area contributed by atoms with E-state index in [9.17, 15) is 14.9 Å². The Morgan fingerprint density at radius 3 is 2.96 bits per heavy atom. The highest BCUT2D eigenvalue weighted by Gasteiger charge is 2.15. The molecule has 7 heteroatoms. The quantitative estimate of drug-likeness (QED) is 0.592. The fraction of sp³-hybridized carbons (Fsp3) is 0.125. The number of carbonyl (C=O) groups excluding carboxylic acids is 1. The maximum atomic E-state index is 12.2. The van der Waals surface area contributed by atoms with Crippen LogP contribution < -0.4 is 5.32 Å². The number of aromatic nitrogens is 2. The monoisotopic (exact) mass is 310 g/mol. The van der Waals surface area contributed by atoms with Gasteiger partial charge in [-0.2, -0.15) is 5.10 Å². The molecule has 0 radical (unpaired) electrons. The van der Waals surface area contributed by atoms with Gasteiger partial charge in [0.15, 0.2) is 0 Å². The van der Waals surface area contributed by atoms with Gasteiger partial charge >= 0.3 is 0 Å². The Labute approximate surface area is 131 Å². The number of nitrogens with one attached hydrogen (secondary N) is 1. The van der Waals surface area contributed by atoms with E-state index in [-0.39, 0.29) is 17.2 Å². The van der Waals surface area contributed by atoms with E-state index in [1.807, 2.05) is 24.4 Å². The first-order valence-electron chi connectivity index (χ1n) is 7.01. The topological polar surface area (TPSA) is 89.5 Å². The van der Waals surface area contributed by atoms with E-state index in [0.29, 0.717) is 12.1 Å². The van der Waals surface area contributed by atoms with E-state index < -0.39 is 4.92 Å². The molecule has 0 saturated heterocycles. The Kier molecular flexibility index (Phi) is 3.76. The average Bonchev–Trinajstić information content (AvgIpc) is 2.96. The van der Waals surface area contributed by atoms with Crippen molar-refractivity contribution in [1.82, 2.24) is 14.9 Å². The van der Waals surface area contributed by atoms with Gasteiger partial charge < -0.3 is 5.32 Å². The number of nitro groups is 1. The van der Waals surface area contributed by atoms with Crippen LogP contribution in [-0.2, 0) is 6.54 Å². The normalized spacial score (nSPS) is 10.7. The van der Waals surface area contributed by atoms with Gasteiger partial charge in [0, 0.05) is 35.5 Å². The van der Waals surface area contributed by atoms with Gasteiger partial charge in [-0.05, 0) is 25.1 Å². The second-order valence-electron chi connectivity index (χ2n) is 5.14. The van der Waals surface area contributed by atoms with Gasteiger partial charge in [-0.15, -0.1) is 0 Å². The number of fused-ring (bicyclic) bond motifs is 1. The molecule has 2 aromatic heterocycles. The maximum Gasteiger partial charge on any atom is 0.273 e. The number of benzene rings is 1. The molecule has 116 valence electrons. The highest BCUT2D eigenvalue weighted by molar-refractivity contribution is 5.95. The molecule has 1 N–H and O–H groups in total. The second kappa shape index (κ2) is 5.88. The van der Waals surface area contributed by atoms with E-state index in [4.69, 9.17) is 0 Å². The lowest BCUT2D eigenvalue weighted by Gasteiger charge is -2.05. The molecule has 0 saturated carbocycles. The summed E-state index contributed by atoms with van der Waals surface area (Å²) in [5.41, 5.74) is 2.50. The van der Waals surface area contributed by atoms with E-state index in [1.54, 1.807) is 29.8 Å². The predicted octanol–water partition coefficient (Wildman–Crippen LogP) is 2.48. The van der Waals surface area contributed by atoms with Crippen LogP contribution in [0.25, 0.3) is 5.52 Å². The standard InChI is InChI=1S/C16H14N4O3/c1-11-5-6-12(8-15(11)20(22)23)16(21)17-9-13-10-18-19-7-3-2-4-14(13)19/h2-8,10H,9H2,1H3,(H,17,21). The number of nitro benzene ring substituents is 1. The van der Waals surface area contributed by atoms with Crippen LogP contribution in [0.2, 0.25) is 0 Å². The maximum absolute atomic E-state index is 12.2. The molecule has 0 spiro atoms. The number of hydrogen-bond acceptors (Lipinski definition) is 4. The molecule has 3 rings (SSSR count). The first-order valence-corrected chi connectivity index (χ1v) is 7.01. The van der Waals surface area contributed by atoms with Crippen LogP contribution in [0.15, 0.2) is 48.8 Å². The summed E-state index contributed by atoms with van der Waals surface area (Å²) < 4.78 is 1.72. The van der Waals surface area contributed by atoms with Crippen LogP contribution in [0.4, 0.5) is 5.69 Å². The molecule has 0 fully saturated rings. The summed E-state index contributed by atoms with van der Waals surface area (Å²) in [5, 5.41) is 17.9. The molecule has 0 aliphatic carbocycles. The number of aryl methyl sites for hydroxylation is 1. The second-order valence-corrected chi connectivity index (χ2v) is 5.14. The third kappa shape index (κ3) is 2.89. The minimum atomic E-state index is -0.489. The number of hydrogen-bond donors (Lipinski definition) is 1. The van der Waals surface area contributed by atoms with Crippen molar-refractivity contribution in [2.45, 2.75) is 13.5 Å². The van der Waals surface area contributed by atoms with Crippen LogP contribution in [-0.4, -0.2) is 20.4 Å². The largest absolute Gasteiger partial charge is 0.348 e. The average molecular weight is 310 g/mol. The summed E-state index contributed by atoms with van der Waals surface area (Å²) in [6.45, 7) is 1.94. The molecule has 0 atom stereocenters. The number of pyridine rings is 1. The minimum Gasteiger partial charge on any atom is -0.348 e. The van der Waals surface area contributed by atoms with E-state index in [2.05, 4.69) is 10.4 Å². The smallest absolute Gasteiger partial charge is 0.273 e. The first kappa shape index (κ1) is 14.7. The molecule has 7 nitrogen and oxygen atoms in total. The van der Waals surface area contributed by atoms with Crippen molar-refractivity contribution < 1.29 is 9.72 Å². The van der Waals surface area contributed by atoms with Gasteiger partial charge in [0.25, 0.3) is 11.6 Å². The molecular formula is C16H14N4O3. The van der Waals surface area contributed by atoms with Gasteiger partial charge in [0.1, 0.15) is 0 Å². The third-order valence-corrected chi connectivity index (χ3v) is 3.61. The lowest BCUT2D eigenvalue weighted by Crippen LogP contribution is -2.22.